The van der Waals surface area contributed by atoms with Crippen LogP contribution in [-0.4, -0.2) is 9.55 Å². The fourth-order valence-corrected chi connectivity index (χ4v) is 3.45. The average Bonchev–Trinajstić information content (AvgIpc) is 3.09. The first-order chi connectivity index (χ1) is 12.7. The number of benzene rings is 3. The zero-order valence-corrected chi connectivity index (χ0v) is 15.3. The molecular formula is C22H20ClN3. The molecule has 4 rings (SSSR count). The van der Waals surface area contributed by atoms with Gasteiger partial charge in [0.25, 0.3) is 0 Å². The van der Waals surface area contributed by atoms with Crippen LogP contribution in [-0.2, 0) is 13.6 Å². The van der Waals surface area contributed by atoms with E-state index < -0.39 is 0 Å². The number of halogens is 1. The number of hydrogen-bond donors (Lipinski definition) is 1. The Balaban J connectivity index is 1.67. The van der Waals surface area contributed by atoms with E-state index in [1.54, 1.807) is 0 Å². The topological polar surface area (TPSA) is 29.9 Å². The SMILES string of the molecule is Cn1ccnc1[C@H](NCc1cccc2ccccc12)c1ccc(Cl)cc1. The van der Waals surface area contributed by atoms with Crippen LogP contribution in [0.15, 0.2) is 79.1 Å². The lowest BCUT2D eigenvalue weighted by molar-refractivity contribution is 0.559. The predicted octanol–water partition coefficient (Wildman–Crippen LogP) is 5.11. The number of nitrogens with one attached hydrogen (secondary N) is 1. The third kappa shape index (κ3) is 3.36. The Labute approximate surface area is 158 Å². The van der Waals surface area contributed by atoms with Gasteiger partial charge >= 0.3 is 0 Å². The van der Waals surface area contributed by atoms with Crippen LogP contribution in [0.25, 0.3) is 10.8 Å². The lowest BCUT2D eigenvalue weighted by Gasteiger charge is -2.20. The van der Waals surface area contributed by atoms with Gasteiger partial charge in [0, 0.05) is 31.0 Å². The van der Waals surface area contributed by atoms with Gasteiger partial charge < -0.3 is 4.57 Å². The minimum Gasteiger partial charge on any atom is -0.336 e. The van der Waals surface area contributed by atoms with Crippen LogP contribution < -0.4 is 5.32 Å². The van der Waals surface area contributed by atoms with E-state index in [0.29, 0.717) is 0 Å². The van der Waals surface area contributed by atoms with Crippen molar-refractivity contribution in [3.8, 4) is 0 Å². The van der Waals surface area contributed by atoms with Gasteiger partial charge in [-0.15, -0.1) is 0 Å². The molecule has 0 aliphatic carbocycles. The molecule has 1 N–H and O–H groups in total. The summed E-state index contributed by atoms with van der Waals surface area (Å²) in [5.41, 5.74) is 2.42. The maximum absolute atomic E-state index is 6.07. The van der Waals surface area contributed by atoms with Gasteiger partial charge in [-0.25, -0.2) is 4.98 Å². The molecule has 1 atom stereocenters. The van der Waals surface area contributed by atoms with Crippen molar-refractivity contribution in [3.63, 3.8) is 0 Å². The summed E-state index contributed by atoms with van der Waals surface area (Å²) in [4.78, 5) is 4.56. The van der Waals surface area contributed by atoms with Crippen molar-refractivity contribution in [1.29, 1.82) is 0 Å². The molecule has 0 amide bonds. The van der Waals surface area contributed by atoms with Crippen LogP contribution >= 0.6 is 11.6 Å². The minimum atomic E-state index is -0.00812. The molecule has 0 aliphatic heterocycles. The van der Waals surface area contributed by atoms with Crippen molar-refractivity contribution in [1.82, 2.24) is 14.9 Å². The number of hydrogen-bond acceptors (Lipinski definition) is 2. The van der Waals surface area contributed by atoms with Crippen LogP contribution in [0.1, 0.15) is 23.0 Å². The zero-order chi connectivity index (χ0) is 17.9. The van der Waals surface area contributed by atoms with E-state index >= 15 is 0 Å². The van der Waals surface area contributed by atoms with Crippen LogP contribution in [0.2, 0.25) is 5.02 Å². The normalized spacial score (nSPS) is 12.4. The molecule has 1 heterocycles. The summed E-state index contributed by atoms with van der Waals surface area (Å²) in [6.07, 6.45) is 3.80. The van der Waals surface area contributed by atoms with Crippen LogP contribution in [0.4, 0.5) is 0 Å². The predicted molar refractivity (Wildman–Crippen MR) is 107 cm³/mol. The number of aryl methyl sites for hydroxylation is 1. The largest absolute Gasteiger partial charge is 0.336 e. The standard InChI is InChI=1S/C22H20ClN3/c1-26-14-13-24-22(26)21(17-9-11-19(23)12-10-17)25-15-18-7-4-6-16-5-2-3-8-20(16)18/h2-14,21,25H,15H2,1H3/t21-/m1/s1. The van der Waals surface area contributed by atoms with Crippen molar-refractivity contribution in [2.45, 2.75) is 12.6 Å². The van der Waals surface area contributed by atoms with E-state index in [1.807, 2.05) is 31.6 Å². The molecule has 0 fully saturated rings. The molecule has 0 aliphatic rings. The zero-order valence-electron chi connectivity index (χ0n) is 14.6. The molecule has 0 saturated heterocycles. The van der Waals surface area contributed by atoms with Gasteiger partial charge in [-0.2, -0.15) is 0 Å². The summed E-state index contributed by atoms with van der Waals surface area (Å²) < 4.78 is 2.05. The molecule has 130 valence electrons. The Morgan fingerprint density at radius 2 is 1.77 bits per heavy atom. The Morgan fingerprint density at radius 1 is 1.00 bits per heavy atom. The summed E-state index contributed by atoms with van der Waals surface area (Å²) in [6, 6.07) is 22.8. The molecule has 0 bridgehead atoms. The van der Waals surface area contributed by atoms with Crippen molar-refractivity contribution < 1.29 is 0 Å². The highest BCUT2D eigenvalue weighted by Crippen LogP contribution is 2.24. The average molecular weight is 362 g/mol. The Hall–Kier alpha value is -2.62. The van der Waals surface area contributed by atoms with E-state index in [9.17, 15) is 0 Å². The van der Waals surface area contributed by atoms with Crippen molar-refractivity contribution in [2.75, 3.05) is 0 Å². The Kier molecular flexibility index (Phi) is 4.74. The van der Waals surface area contributed by atoms with Crippen LogP contribution in [0.3, 0.4) is 0 Å². The first-order valence-electron chi connectivity index (χ1n) is 8.65. The maximum atomic E-state index is 6.07. The smallest absolute Gasteiger partial charge is 0.130 e. The number of nitrogens with zero attached hydrogens (tertiary/aromatic N) is 2. The van der Waals surface area contributed by atoms with Gasteiger partial charge in [0.2, 0.25) is 0 Å². The van der Waals surface area contributed by atoms with Crippen molar-refractivity contribution >= 4 is 22.4 Å². The van der Waals surface area contributed by atoms with Gasteiger partial charge in [0.05, 0.1) is 6.04 Å². The minimum absolute atomic E-state index is 0.00812. The fourth-order valence-electron chi connectivity index (χ4n) is 3.33. The second-order valence-electron chi connectivity index (χ2n) is 6.40. The second-order valence-corrected chi connectivity index (χ2v) is 6.84. The third-order valence-corrected chi connectivity index (χ3v) is 4.95. The van der Waals surface area contributed by atoms with Crippen LogP contribution in [0, 0.1) is 0 Å². The van der Waals surface area contributed by atoms with E-state index in [1.165, 1.54) is 16.3 Å². The highest BCUT2D eigenvalue weighted by molar-refractivity contribution is 6.30. The third-order valence-electron chi connectivity index (χ3n) is 4.70. The summed E-state index contributed by atoms with van der Waals surface area (Å²) >= 11 is 6.07. The Morgan fingerprint density at radius 3 is 2.54 bits per heavy atom. The number of aromatic nitrogens is 2. The molecular weight excluding hydrogens is 342 g/mol. The van der Waals surface area contributed by atoms with E-state index in [-0.39, 0.29) is 6.04 Å². The highest BCUT2D eigenvalue weighted by Gasteiger charge is 2.18. The molecule has 0 radical (unpaired) electrons. The summed E-state index contributed by atoms with van der Waals surface area (Å²) in [6.45, 7) is 0.751. The first-order valence-corrected chi connectivity index (χ1v) is 9.03. The van der Waals surface area contributed by atoms with E-state index in [2.05, 4.69) is 69.5 Å². The molecule has 0 saturated carbocycles. The number of imidazole rings is 1. The summed E-state index contributed by atoms with van der Waals surface area (Å²) in [7, 11) is 2.02. The van der Waals surface area contributed by atoms with Gasteiger partial charge in [-0.05, 0) is 34.0 Å². The monoisotopic (exact) mass is 361 g/mol. The lowest BCUT2D eigenvalue weighted by Crippen LogP contribution is -2.24. The Bertz CT molecular complexity index is 1020. The van der Waals surface area contributed by atoms with Gasteiger partial charge in [0.1, 0.15) is 5.82 Å². The summed E-state index contributed by atoms with van der Waals surface area (Å²) in [5, 5.41) is 6.95. The molecule has 3 nitrogen and oxygen atoms in total. The van der Waals surface area contributed by atoms with E-state index in [0.717, 1.165) is 23.0 Å². The van der Waals surface area contributed by atoms with Crippen molar-refractivity contribution in [2.24, 2.45) is 7.05 Å². The molecule has 3 aromatic carbocycles. The molecule has 1 aromatic heterocycles. The van der Waals surface area contributed by atoms with Gasteiger partial charge in [0.15, 0.2) is 0 Å². The quantitative estimate of drug-likeness (QED) is 0.535. The fraction of sp³-hybridized carbons (Fsp3) is 0.136. The maximum Gasteiger partial charge on any atom is 0.130 e. The van der Waals surface area contributed by atoms with Gasteiger partial charge in [-0.3, -0.25) is 5.32 Å². The number of rotatable bonds is 5. The molecule has 0 unspecified atom stereocenters. The first kappa shape index (κ1) is 16.8. The highest BCUT2D eigenvalue weighted by atomic mass is 35.5. The number of fused-ring (bicyclic) bond motifs is 1. The molecule has 26 heavy (non-hydrogen) atoms. The molecule has 4 heteroatoms. The van der Waals surface area contributed by atoms with Gasteiger partial charge in [-0.1, -0.05) is 66.2 Å². The second kappa shape index (κ2) is 7.32. The molecule has 0 spiro atoms. The lowest BCUT2D eigenvalue weighted by atomic mass is 10.0. The summed E-state index contributed by atoms with van der Waals surface area (Å²) in [5.74, 6) is 0.979. The molecule has 4 aromatic rings. The van der Waals surface area contributed by atoms with Crippen LogP contribution in [0.5, 0.6) is 0 Å². The van der Waals surface area contributed by atoms with Crippen molar-refractivity contribution in [3.05, 3.63) is 101 Å². The van der Waals surface area contributed by atoms with E-state index in [4.69, 9.17) is 11.6 Å².